The van der Waals surface area contributed by atoms with Crippen LogP contribution < -0.4 is 5.73 Å². The number of halogens is 6. The van der Waals surface area contributed by atoms with Gasteiger partial charge in [0.05, 0.1) is 17.8 Å². The first-order valence-corrected chi connectivity index (χ1v) is 14.3. The molecule has 0 spiro atoms. The highest BCUT2D eigenvalue weighted by Gasteiger charge is 2.40. The fourth-order valence-corrected chi connectivity index (χ4v) is 6.31. The molecule has 0 bridgehead atoms. The summed E-state index contributed by atoms with van der Waals surface area (Å²) in [5, 5.41) is 3.75. The zero-order valence-electron chi connectivity index (χ0n) is 22.4. The minimum atomic E-state index is -4.68. The maximum absolute atomic E-state index is 14.2. The molecule has 4 aromatic rings. The van der Waals surface area contributed by atoms with Gasteiger partial charge in [-0.1, -0.05) is 12.1 Å². The van der Waals surface area contributed by atoms with Crippen LogP contribution >= 0.6 is 11.8 Å². The lowest BCUT2D eigenvalue weighted by molar-refractivity contribution is -0.142. The van der Waals surface area contributed by atoms with Crippen LogP contribution in [-0.2, 0) is 36.1 Å². The van der Waals surface area contributed by atoms with Gasteiger partial charge in [0, 0.05) is 47.2 Å². The van der Waals surface area contributed by atoms with Crippen LogP contribution in [-0.4, -0.2) is 32.2 Å². The molecule has 5 rings (SSSR count). The van der Waals surface area contributed by atoms with E-state index in [1.165, 1.54) is 30.1 Å². The Morgan fingerprint density at radius 1 is 1.05 bits per heavy atom. The quantitative estimate of drug-likeness (QED) is 0.224. The van der Waals surface area contributed by atoms with Gasteiger partial charge in [0.1, 0.15) is 17.5 Å². The number of nitrogens with zero attached hydrogens (tertiary/aromatic N) is 3. The molecule has 2 N–H and O–H groups in total. The molecule has 0 radical (unpaired) electrons. The van der Waals surface area contributed by atoms with Gasteiger partial charge in [0.2, 0.25) is 0 Å². The number of aromatic nitrogens is 3. The topological polar surface area (TPSA) is 90.9 Å². The van der Waals surface area contributed by atoms with E-state index in [9.17, 15) is 35.9 Å². The number of hydrogen-bond acceptors (Lipinski definition) is 5. The Labute approximate surface area is 246 Å². The molecule has 0 unspecified atom stereocenters. The van der Waals surface area contributed by atoms with E-state index >= 15 is 0 Å². The largest absolute Gasteiger partial charge is 0.435 e. The molecule has 6 nitrogen and oxygen atoms in total. The van der Waals surface area contributed by atoms with Crippen LogP contribution in [0.25, 0.3) is 11.1 Å². The predicted octanol–water partition coefficient (Wildman–Crippen LogP) is 6.26. The summed E-state index contributed by atoms with van der Waals surface area (Å²) < 4.78 is 84.5. The second kappa shape index (κ2) is 12.2. The minimum absolute atomic E-state index is 0.0596. The number of fused-ring (bicyclic) bond motifs is 1. The van der Waals surface area contributed by atoms with Crippen molar-refractivity contribution in [3.63, 3.8) is 0 Å². The summed E-state index contributed by atoms with van der Waals surface area (Å²) >= 11 is 1.35. The third-order valence-corrected chi connectivity index (χ3v) is 8.12. The van der Waals surface area contributed by atoms with Crippen LogP contribution in [0.1, 0.15) is 50.9 Å². The van der Waals surface area contributed by atoms with Crippen molar-refractivity contribution in [2.75, 3.05) is 5.75 Å². The number of carbonyl (C=O) groups is 2. The first-order valence-electron chi connectivity index (χ1n) is 13.2. The number of amides is 1. The third kappa shape index (κ3) is 6.76. The Bertz CT molecular complexity index is 1680. The Hall–Kier alpha value is -4.13. The SMILES string of the molecule is NC(=O)c1cc(-c2cccnc2[C@@H](CC(=O)Cn2nc(C(F)(F)F)c3c2CCSC3)Cc2cc(F)cc(F)c2)ccc1F. The summed E-state index contributed by atoms with van der Waals surface area (Å²) in [7, 11) is 0. The molecule has 0 saturated carbocycles. The second-order valence-corrected chi connectivity index (χ2v) is 11.3. The summed E-state index contributed by atoms with van der Waals surface area (Å²) in [5.41, 5.74) is 5.65. The van der Waals surface area contributed by atoms with Crippen molar-refractivity contribution in [2.45, 2.75) is 43.7 Å². The molecule has 0 fully saturated rings. The van der Waals surface area contributed by atoms with Crippen molar-refractivity contribution >= 4 is 23.5 Å². The van der Waals surface area contributed by atoms with E-state index in [1.54, 1.807) is 12.1 Å². The molecule has 1 aliphatic heterocycles. The van der Waals surface area contributed by atoms with E-state index in [1.807, 2.05) is 0 Å². The first-order chi connectivity index (χ1) is 20.4. The normalized spacial score (nSPS) is 13.9. The average molecular weight is 619 g/mol. The molecule has 13 heteroatoms. The van der Waals surface area contributed by atoms with Crippen molar-refractivity contribution in [1.82, 2.24) is 14.8 Å². The maximum Gasteiger partial charge on any atom is 0.435 e. The number of rotatable bonds is 9. The number of carbonyl (C=O) groups excluding carboxylic acids is 2. The summed E-state index contributed by atoms with van der Waals surface area (Å²) in [6, 6.07) is 9.84. The zero-order chi connectivity index (χ0) is 30.9. The molecule has 1 amide bonds. The van der Waals surface area contributed by atoms with Crippen LogP contribution in [0.5, 0.6) is 0 Å². The molecule has 0 aliphatic carbocycles. The third-order valence-electron chi connectivity index (χ3n) is 7.14. The van der Waals surface area contributed by atoms with Gasteiger partial charge in [-0.15, -0.1) is 0 Å². The van der Waals surface area contributed by atoms with Crippen LogP contribution in [0.15, 0.2) is 54.7 Å². The predicted molar refractivity (Wildman–Crippen MR) is 148 cm³/mol. The lowest BCUT2D eigenvalue weighted by Gasteiger charge is -2.20. The van der Waals surface area contributed by atoms with E-state index in [2.05, 4.69) is 10.1 Å². The fraction of sp³-hybridized carbons (Fsp3) is 0.267. The maximum atomic E-state index is 14.2. The molecule has 224 valence electrons. The summed E-state index contributed by atoms with van der Waals surface area (Å²) in [5.74, 6) is -4.05. The van der Waals surface area contributed by atoms with E-state index in [-0.39, 0.29) is 35.3 Å². The van der Waals surface area contributed by atoms with Gasteiger partial charge in [-0.05, 0) is 60.1 Å². The fourth-order valence-electron chi connectivity index (χ4n) is 5.32. The summed E-state index contributed by atoms with van der Waals surface area (Å²) in [6.07, 6.45) is -3.24. The van der Waals surface area contributed by atoms with Gasteiger partial charge in [-0.3, -0.25) is 19.3 Å². The Balaban J connectivity index is 1.52. The van der Waals surface area contributed by atoms with Crippen molar-refractivity contribution in [2.24, 2.45) is 5.73 Å². The van der Waals surface area contributed by atoms with Gasteiger partial charge in [0.15, 0.2) is 11.5 Å². The monoisotopic (exact) mass is 618 g/mol. The number of nitrogens with two attached hydrogens (primary N) is 1. The van der Waals surface area contributed by atoms with E-state index in [0.29, 0.717) is 40.8 Å². The van der Waals surface area contributed by atoms with Crippen molar-refractivity contribution < 1.29 is 35.9 Å². The molecular formula is C30H24F6N4O2S. The van der Waals surface area contributed by atoms with Gasteiger partial charge < -0.3 is 5.73 Å². The van der Waals surface area contributed by atoms with E-state index in [4.69, 9.17) is 5.73 Å². The number of primary amides is 1. The van der Waals surface area contributed by atoms with Gasteiger partial charge in [-0.2, -0.15) is 30.0 Å². The lowest BCUT2D eigenvalue weighted by Crippen LogP contribution is -2.20. The van der Waals surface area contributed by atoms with Gasteiger partial charge in [-0.25, -0.2) is 13.2 Å². The van der Waals surface area contributed by atoms with Crippen LogP contribution in [0.2, 0.25) is 0 Å². The molecule has 1 atom stereocenters. The Kier molecular flexibility index (Phi) is 8.63. The molecule has 0 saturated heterocycles. The van der Waals surface area contributed by atoms with Crippen molar-refractivity contribution in [3.8, 4) is 11.1 Å². The molecule has 2 aromatic heterocycles. The molecule has 3 heterocycles. The number of alkyl halides is 3. The molecule has 1 aliphatic rings. The number of ketones is 1. The highest BCUT2D eigenvalue weighted by Crippen LogP contribution is 2.38. The molecule has 43 heavy (non-hydrogen) atoms. The molecular weight excluding hydrogens is 594 g/mol. The second-order valence-electron chi connectivity index (χ2n) is 10.1. The first kappa shape index (κ1) is 30.3. The van der Waals surface area contributed by atoms with Crippen molar-refractivity contribution in [3.05, 3.63) is 106 Å². The van der Waals surface area contributed by atoms with Crippen LogP contribution in [0, 0.1) is 17.5 Å². The summed E-state index contributed by atoms with van der Waals surface area (Å²) in [4.78, 5) is 29.7. The summed E-state index contributed by atoms with van der Waals surface area (Å²) in [6.45, 7) is -0.443. The average Bonchev–Trinajstić information content (AvgIpc) is 3.31. The number of benzene rings is 2. The van der Waals surface area contributed by atoms with Gasteiger partial charge >= 0.3 is 6.18 Å². The molecule has 2 aromatic carbocycles. The van der Waals surface area contributed by atoms with Crippen molar-refractivity contribution in [1.29, 1.82) is 0 Å². The standard InChI is InChI=1S/C30H24F6N4O2S/c31-19-9-16(10-20(32)13-19)8-18(27-22(2-1-6-38-27)17-3-4-25(33)23(12-17)29(37)42)11-21(41)14-40-26-5-7-43-15-24(26)28(39-40)30(34,35)36/h1-4,6,9-10,12-13,18H,5,7-8,11,14-15H2,(H2,37,42)/t18-/m1/s1. The smallest absolute Gasteiger partial charge is 0.366 e. The lowest BCUT2D eigenvalue weighted by atomic mass is 9.86. The Morgan fingerprint density at radius 3 is 2.49 bits per heavy atom. The van der Waals surface area contributed by atoms with Gasteiger partial charge in [0.25, 0.3) is 5.91 Å². The van der Waals surface area contributed by atoms with Crippen LogP contribution in [0.4, 0.5) is 26.3 Å². The number of pyridine rings is 1. The highest BCUT2D eigenvalue weighted by molar-refractivity contribution is 7.98. The number of Topliss-reactive ketones (excluding diaryl/α,β-unsaturated/α-hetero) is 1. The van der Waals surface area contributed by atoms with Crippen LogP contribution in [0.3, 0.4) is 0 Å². The highest BCUT2D eigenvalue weighted by atomic mass is 32.2. The number of thioether (sulfide) groups is 1. The zero-order valence-corrected chi connectivity index (χ0v) is 23.2. The van der Waals surface area contributed by atoms with E-state index in [0.717, 1.165) is 22.9 Å². The van der Waals surface area contributed by atoms with E-state index < -0.39 is 53.5 Å². The number of hydrogen-bond donors (Lipinski definition) is 1. The Morgan fingerprint density at radius 2 is 1.79 bits per heavy atom. The minimum Gasteiger partial charge on any atom is -0.366 e.